The second-order valence-electron chi connectivity index (χ2n) is 9.49. The van der Waals surface area contributed by atoms with E-state index in [1.807, 2.05) is 4.90 Å². The van der Waals surface area contributed by atoms with Gasteiger partial charge in [-0.25, -0.2) is 27.8 Å². The minimum absolute atomic E-state index is 0.0246. The van der Waals surface area contributed by atoms with Crippen LogP contribution in [0.15, 0.2) is 42.5 Å². The largest absolute Gasteiger partial charge is 0.390 e. The third-order valence-electron chi connectivity index (χ3n) is 7.13. The van der Waals surface area contributed by atoms with Crippen LogP contribution in [0.5, 0.6) is 0 Å². The average Bonchev–Trinajstić information content (AvgIpc) is 3.33. The maximum absolute atomic E-state index is 14.8. The molecule has 11 heteroatoms. The summed E-state index contributed by atoms with van der Waals surface area (Å²) in [5.41, 5.74) is 2.06. The highest BCUT2D eigenvalue weighted by Crippen LogP contribution is 2.35. The van der Waals surface area contributed by atoms with E-state index in [-0.39, 0.29) is 29.2 Å². The van der Waals surface area contributed by atoms with Gasteiger partial charge in [-0.05, 0) is 55.7 Å². The van der Waals surface area contributed by atoms with Crippen LogP contribution in [0, 0.1) is 17.5 Å². The number of hydrogen-bond acceptors (Lipinski definition) is 7. The van der Waals surface area contributed by atoms with Crippen molar-refractivity contribution in [1.82, 2.24) is 19.7 Å². The molecular weight excluding hydrogens is 497 g/mol. The van der Waals surface area contributed by atoms with Crippen LogP contribution in [-0.4, -0.2) is 57.6 Å². The standard InChI is InChI=1S/C27H27F3N6O2/c28-17-7-9-18(10-8-17)34-11-13-35(14-12-34)26-21(16-37)31-25-24(19-4-3-5-20(29)23(19)30)33-36(27(25)32-26)22-6-1-2-15-38-22/h3-5,7-10,22,37H,1-2,6,11-16H2. The van der Waals surface area contributed by atoms with Gasteiger partial charge >= 0.3 is 0 Å². The number of aromatic nitrogens is 4. The van der Waals surface area contributed by atoms with E-state index in [0.29, 0.717) is 56.4 Å². The van der Waals surface area contributed by atoms with Crippen LogP contribution in [0.2, 0.25) is 0 Å². The Morgan fingerprint density at radius 2 is 1.68 bits per heavy atom. The highest BCUT2D eigenvalue weighted by Gasteiger charge is 2.29. The fraction of sp³-hybridized carbons (Fsp3) is 0.370. The number of aliphatic hydroxyl groups excluding tert-OH is 1. The average molecular weight is 525 g/mol. The molecule has 4 aromatic rings. The van der Waals surface area contributed by atoms with Crippen LogP contribution in [0.3, 0.4) is 0 Å². The molecule has 1 atom stereocenters. The summed E-state index contributed by atoms with van der Waals surface area (Å²) >= 11 is 0. The maximum Gasteiger partial charge on any atom is 0.182 e. The molecule has 2 aromatic carbocycles. The molecule has 0 amide bonds. The number of anilines is 2. The van der Waals surface area contributed by atoms with Crippen LogP contribution in [0.25, 0.3) is 22.4 Å². The van der Waals surface area contributed by atoms with Crippen molar-refractivity contribution in [2.75, 3.05) is 42.6 Å². The molecule has 4 heterocycles. The third kappa shape index (κ3) is 4.45. The number of fused-ring (bicyclic) bond motifs is 1. The van der Waals surface area contributed by atoms with Gasteiger partial charge in [0, 0.05) is 44.0 Å². The Labute approximate surface area is 217 Å². The molecule has 1 unspecified atom stereocenters. The fourth-order valence-corrected chi connectivity index (χ4v) is 5.15. The first kappa shape index (κ1) is 24.6. The summed E-state index contributed by atoms with van der Waals surface area (Å²) in [5.74, 6) is -1.76. The quantitative estimate of drug-likeness (QED) is 0.414. The number of ether oxygens (including phenoxy) is 1. The highest BCUT2D eigenvalue weighted by atomic mass is 19.2. The predicted octanol–water partition coefficient (Wildman–Crippen LogP) is 4.43. The summed E-state index contributed by atoms with van der Waals surface area (Å²) in [6.07, 6.45) is 2.17. The minimum atomic E-state index is -1.02. The van der Waals surface area contributed by atoms with E-state index in [1.54, 1.807) is 16.8 Å². The van der Waals surface area contributed by atoms with Crippen molar-refractivity contribution < 1.29 is 23.0 Å². The van der Waals surface area contributed by atoms with Crippen molar-refractivity contribution in [3.8, 4) is 11.3 Å². The Balaban J connectivity index is 1.40. The fourth-order valence-electron chi connectivity index (χ4n) is 5.15. The lowest BCUT2D eigenvalue weighted by atomic mass is 10.1. The van der Waals surface area contributed by atoms with E-state index < -0.39 is 17.9 Å². The lowest BCUT2D eigenvalue weighted by Gasteiger charge is -2.37. The third-order valence-corrected chi connectivity index (χ3v) is 7.13. The minimum Gasteiger partial charge on any atom is -0.390 e. The van der Waals surface area contributed by atoms with Gasteiger partial charge in [0.05, 0.1) is 6.61 Å². The summed E-state index contributed by atoms with van der Waals surface area (Å²) < 4.78 is 49.9. The van der Waals surface area contributed by atoms with E-state index in [1.165, 1.54) is 24.3 Å². The smallest absolute Gasteiger partial charge is 0.182 e. The molecule has 2 aliphatic rings. The maximum atomic E-state index is 14.8. The second-order valence-corrected chi connectivity index (χ2v) is 9.49. The number of aliphatic hydroxyl groups is 1. The zero-order valence-corrected chi connectivity index (χ0v) is 20.7. The second kappa shape index (κ2) is 10.2. The molecule has 2 aromatic heterocycles. The van der Waals surface area contributed by atoms with Crippen LogP contribution in [0.4, 0.5) is 24.7 Å². The van der Waals surface area contributed by atoms with Gasteiger partial charge in [0.1, 0.15) is 22.7 Å². The molecule has 0 aliphatic carbocycles. The molecule has 0 bridgehead atoms. The first-order valence-electron chi connectivity index (χ1n) is 12.7. The van der Waals surface area contributed by atoms with Gasteiger partial charge in [0.2, 0.25) is 0 Å². The lowest BCUT2D eigenvalue weighted by Crippen LogP contribution is -2.47. The van der Waals surface area contributed by atoms with Crippen LogP contribution < -0.4 is 9.80 Å². The van der Waals surface area contributed by atoms with Crippen LogP contribution in [-0.2, 0) is 11.3 Å². The lowest BCUT2D eigenvalue weighted by molar-refractivity contribution is -0.0368. The normalized spacial score (nSPS) is 18.4. The molecule has 8 nitrogen and oxygen atoms in total. The van der Waals surface area contributed by atoms with E-state index in [4.69, 9.17) is 9.72 Å². The SMILES string of the molecule is OCc1nc2c(-c3cccc(F)c3F)nn(C3CCCCO3)c2nc1N1CCN(c2ccc(F)cc2)CC1. The van der Waals surface area contributed by atoms with Gasteiger partial charge < -0.3 is 19.6 Å². The summed E-state index contributed by atoms with van der Waals surface area (Å²) in [6.45, 7) is 2.72. The molecule has 2 fully saturated rings. The van der Waals surface area contributed by atoms with Gasteiger partial charge in [-0.1, -0.05) is 6.07 Å². The van der Waals surface area contributed by atoms with E-state index in [0.717, 1.165) is 24.6 Å². The molecule has 38 heavy (non-hydrogen) atoms. The van der Waals surface area contributed by atoms with Gasteiger partial charge in [-0.15, -0.1) is 0 Å². The number of piperazine rings is 1. The molecule has 0 spiro atoms. The van der Waals surface area contributed by atoms with Gasteiger partial charge in [0.25, 0.3) is 0 Å². The van der Waals surface area contributed by atoms with Crippen molar-refractivity contribution in [2.45, 2.75) is 32.1 Å². The molecule has 1 N–H and O–H groups in total. The molecule has 0 radical (unpaired) electrons. The topological polar surface area (TPSA) is 79.5 Å². The van der Waals surface area contributed by atoms with Crippen LogP contribution >= 0.6 is 0 Å². The Hall–Kier alpha value is -3.70. The van der Waals surface area contributed by atoms with E-state index >= 15 is 0 Å². The number of benzene rings is 2. The molecule has 2 aliphatic heterocycles. The summed E-state index contributed by atoms with van der Waals surface area (Å²) in [4.78, 5) is 13.8. The summed E-state index contributed by atoms with van der Waals surface area (Å²) in [6, 6.07) is 10.3. The van der Waals surface area contributed by atoms with Crippen molar-refractivity contribution >= 4 is 22.7 Å². The van der Waals surface area contributed by atoms with E-state index in [9.17, 15) is 18.3 Å². The van der Waals surface area contributed by atoms with Crippen molar-refractivity contribution in [1.29, 1.82) is 0 Å². The van der Waals surface area contributed by atoms with Crippen molar-refractivity contribution in [3.05, 3.63) is 65.6 Å². The molecule has 198 valence electrons. The first-order valence-corrected chi connectivity index (χ1v) is 12.7. The molecule has 6 rings (SSSR count). The number of rotatable bonds is 5. The Bertz CT molecular complexity index is 1450. The van der Waals surface area contributed by atoms with E-state index in [2.05, 4.69) is 15.0 Å². The van der Waals surface area contributed by atoms with Gasteiger partial charge in [0.15, 0.2) is 29.3 Å². The zero-order chi connectivity index (χ0) is 26.2. The summed E-state index contributed by atoms with van der Waals surface area (Å²) in [7, 11) is 0. The number of nitrogens with zero attached hydrogens (tertiary/aromatic N) is 6. The Kier molecular flexibility index (Phi) is 6.62. The molecule has 2 saturated heterocycles. The Morgan fingerprint density at radius 3 is 2.39 bits per heavy atom. The molecular formula is C27H27F3N6O2. The predicted molar refractivity (Wildman–Crippen MR) is 136 cm³/mol. The van der Waals surface area contributed by atoms with Crippen molar-refractivity contribution in [2.24, 2.45) is 0 Å². The first-order chi connectivity index (χ1) is 18.5. The van der Waals surface area contributed by atoms with Crippen molar-refractivity contribution in [3.63, 3.8) is 0 Å². The van der Waals surface area contributed by atoms with Gasteiger partial charge in [-0.3, -0.25) is 0 Å². The summed E-state index contributed by atoms with van der Waals surface area (Å²) in [5, 5.41) is 14.8. The Morgan fingerprint density at radius 1 is 0.921 bits per heavy atom. The monoisotopic (exact) mass is 524 g/mol. The number of hydrogen-bond donors (Lipinski definition) is 1. The zero-order valence-electron chi connectivity index (χ0n) is 20.7. The number of halogens is 3. The van der Waals surface area contributed by atoms with Gasteiger partial charge in [-0.2, -0.15) is 5.10 Å². The highest BCUT2D eigenvalue weighted by molar-refractivity contribution is 5.89. The van der Waals surface area contributed by atoms with Crippen LogP contribution in [0.1, 0.15) is 31.2 Å². The molecule has 0 saturated carbocycles.